The van der Waals surface area contributed by atoms with Crippen molar-refractivity contribution >= 4 is 46.4 Å². The van der Waals surface area contributed by atoms with Crippen LogP contribution in [0.2, 0.25) is 10.0 Å². The summed E-state index contributed by atoms with van der Waals surface area (Å²) in [6.45, 7) is 1.75. The van der Waals surface area contributed by atoms with Crippen molar-refractivity contribution in [1.82, 2.24) is 9.97 Å². The van der Waals surface area contributed by atoms with Crippen LogP contribution in [0.5, 0.6) is 0 Å². The lowest BCUT2D eigenvalue weighted by molar-refractivity contribution is 0.102. The summed E-state index contributed by atoms with van der Waals surface area (Å²) in [6.07, 6.45) is 0. The molecule has 1 heterocycles. The highest BCUT2D eigenvalue weighted by atomic mass is 35.5. The smallest absolute Gasteiger partial charge is 0.274 e. The lowest BCUT2D eigenvalue weighted by Crippen LogP contribution is -2.15. The van der Waals surface area contributed by atoms with Crippen LogP contribution in [0.15, 0.2) is 48.5 Å². The van der Waals surface area contributed by atoms with Gasteiger partial charge in [-0.15, -0.1) is 0 Å². The minimum absolute atomic E-state index is 0.178. The van der Waals surface area contributed by atoms with Crippen LogP contribution in [0.25, 0.3) is 0 Å². The maximum absolute atomic E-state index is 12.5. The Morgan fingerprint density at radius 3 is 2.37 bits per heavy atom. The molecule has 6 nitrogen and oxygen atoms in total. The second kappa shape index (κ2) is 8.04. The van der Waals surface area contributed by atoms with E-state index >= 15 is 0 Å². The quantitative estimate of drug-likeness (QED) is 0.648. The molecule has 2 N–H and O–H groups in total. The molecule has 0 aliphatic heterocycles. The van der Waals surface area contributed by atoms with Gasteiger partial charge in [-0.2, -0.15) is 5.26 Å². The van der Waals surface area contributed by atoms with Gasteiger partial charge in [0.25, 0.3) is 5.91 Å². The van der Waals surface area contributed by atoms with Crippen LogP contribution in [0.3, 0.4) is 0 Å². The van der Waals surface area contributed by atoms with E-state index in [2.05, 4.69) is 20.6 Å². The second-order valence-corrected chi connectivity index (χ2v) is 6.40. The molecule has 1 aromatic heterocycles. The Morgan fingerprint density at radius 1 is 1.07 bits per heavy atom. The maximum Gasteiger partial charge on any atom is 0.274 e. The van der Waals surface area contributed by atoms with Crippen molar-refractivity contribution in [2.45, 2.75) is 6.92 Å². The van der Waals surface area contributed by atoms with Crippen molar-refractivity contribution in [2.24, 2.45) is 0 Å². The number of nitrogens with zero attached hydrogens (tertiary/aromatic N) is 3. The number of benzene rings is 2. The van der Waals surface area contributed by atoms with Gasteiger partial charge in [-0.1, -0.05) is 29.3 Å². The van der Waals surface area contributed by atoms with E-state index in [9.17, 15) is 4.79 Å². The molecule has 0 radical (unpaired) electrons. The van der Waals surface area contributed by atoms with E-state index < -0.39 is 5.91 Å². The summed E-state index contributed by atoms with van der Waals surface area (Å²) in [5.74, 6) is -0.200. The van der Waals surface area contributed by atoms with Crippen molar-refractivity contribution in [3.63, 3.8) is 0 Å². The van der Waals surface area contributed by atoms with Crippen molar-refractivity contribution < 1.29 is 4.79 Å². The summed E-state index contributed by atoms with van der Waals surface area (Å²) in [6, 6.07) is 15.2. The molecule has 0 unspecified atom stereocenters. The van der Waals surface area contributed by atoms with Crippen LogP contribution in [0.1, 0.15) is 21.7 Å². The summed E-state index contributed by atoms with van der Waals surface area (Å²) in [5, 5.41) is 15.3. The molecule has 3 rings (SSSR count). The molecule has 8 heteroatoms. The maximum atomic E-state index is 12.5. The van der Waals surface area contributed by atoms with Gasteiger partial charge in [0.15, 0.2) is 0 Å². The number of nitriles is 1. The molecule has 0 atom stereocenters. The molecule has 3 aromatic rings. The number of hydrogen-bond donors (Lipinski definition) is 2. The molecule has 0 aliphatic carbocycles. The van der Waals surface area contributed by atoms with Gasteiger partial charge in [0.05, 0.1) is 27.4 Å². The first-order valence-electron chi connectivity index (χ1n) is 7.84. The molecule has 0 spiro atoms. The number of rotatable bonds is 4. The van der Waals surface area contributed by atoms with Crippen molar-refractivity contribution in [3.8, 4) is 6.07 Å². The zero-order valence-electron chi connectivity index (χ0n) is 14.1. The Labute approximate surface area is 165 Å². The normalized spacial score (nSPS) is 10.1. The fourth-order valence-corrected chi connectivity index (χ4v) is 2.78. The number of amides is 1. The molecule has 27 heavy (non-hydrogen) atoms. The molecule has 134 valence electrons. The number of carbonyl (C=O) groups is 1. The van der Waals surface area contributed by atoms with Gasteiger partial charge in [-0.05, 0) is 49.4 Å². The average molecular weight is 398 g/mol. The Hall–Kier alpha value is -3.14. The topological polar surface area (TPSA) is 90.7 Å². The SMILES string of the molecule is Cc1cc(C(=O)Nc2ccc(C#N)cc2)nc(Nc2c(Cl)cccc2Cl)n1. The van der Waals surface area contributed by atoms with Crippen molar-refractivity contribution in [3.05, 3.63) is 75.5 Å². The van der Waals surface area contributed by atoms with E-state index in [4.69, 9.17) is 28.5 Å². The van der Waals surface area contributed by atoms with Gasteiger partial charge in [-0.3, -0.25) is 4.79 Å². The van der Waals surface area contributed by atoms with Gasteiger partial charge in [-0.25, -0.2) is 9.97 Å². The highest BCUT2D eigenvalue weighted by Crippen LogP contribution is 2.31. The predicted molar refractivity (Wildman–Crippen MR) is 106 cm³/mol. The lowest BCUT2D eigenvalue weighted by Gasteiger charge is -2.11. The van der Waals surface area contributed by atoms with Gasteiger partial charge >= 0.3 is 0 Å². The number of carbonyl (C=O) groups excluding carboxylic acids is 1. The van der Waals surface area contributed by atoms with Crippen molar-refractivity contribution in [1.29, 1.82) is 5.26 Å². The van der Waals surface area contributed by atoms with Gasteiger partial charge < -0.3 is 10.6 Å². The Morgan fingerprint density at radius 2 is 1.74 bits per heavy atom. The third kappa shape index (κ3) is 4.53. The Balaban J connectivity index is 1.84. The summed E-state index contributed by atoms with van der Waals surface area (Å²) in [5.41, 5.74) is 2.30. The van der Waals surface area contributed by atoms with Crippen LogP contribution in [0, 0.1) is 18.3 Å². The van der Waals surface area contributed by atoms with Crippen LogP contribution < -0.4 is 10.6 Å². The molecule has 0 saturated heterocycles. The van der Waals surface area contributed by atoms with Gasteiger partial charge in [0.1, 0.15) is 5.69 Å². The van der Waals surface area contributed by atoms with Crippen LogP contribution >= 0.6 is 23.2 Å². The zero-order chi connectivity index (χ0) is 19.4. The molecular weight excluding hydrogens is 385 g/mol. The first kappa shape index (κ1) is 18.6. The summed E-state index contributed by atoms with van der Waals surface area (Å²) in [4.78, 5) is 21.0. The lowest BCUT2D eigenvalue weighted by atomic mass is 10.2. The Kier molecular flexibility index (Phi) is 5.55. The van der Waals surface area contributed by atoms with Crippen LogP contribution in [-0.2, 0) is 0 Å². The highest BCUT2D eigenvalue weighted by molar-refractivity contribution is 6.39. The van der Waals surface area contributed by atoms with E-state index in [1.54, 1.807) is 55.5 Å². The number of hydrogen-bond acceptors (Lipinski definition) is 5. The third-order valence-electron chi connectivity index (χ3n) is 3.56. The molecule has 1 amide bonds. The molecule has 0 bridgehead atoms. The summed E-state index contributed by atoms with van der Waals surface area (Å²) >= 11 is 12.3. The number of nitrogens with one attached hydrogen (secondary N) is 2. The van der Waals surface area contributed by atoms with Crippen LogP contribution in [0.4, 0.5) is 17.3 Å². The number of anilines is 3. The number of aryl methyl sites for hydroxylation is 1. The molecular formula is C19H13Cl2N5O. The average Bonchev–Trinajstić information content (AvgIpc) is 2.65. The first-order valence-corrected chi connectivity index (χ1v) is 8.60. The van der Waals surface area contributed by atoms with E-state index in [1.165, 1.54) is 0 Å². The van der Waals surface area contributed by atoms with E-state index in [-0.39, 0.29) is 11.6 Å². The van der Waals surface area contributed by atoms with Gasteiger partial charge in [0.2, 0.25) is 5.95 Å². The molecule has 0 aliphatic rings. The summed E-state index contributed by atoms with van der Waals surface area (Å²) < 4.78 is 0. The number of para-hydroxylation sites is 1. The number of halogens is 2. The molecule has 2 aromatic carbocycles. The fraction of sp³-hybridized carbons (Fsp3) is 0.0526. The number of aromatic nitrogens is 2. The standard InChI is InChI=1S/C19H13Cl2N5O/c1-11-9-16(18(27)24-13-7-5-12(10-22)6-8-13)25-19(23-11)26-17-14(20)3-2-4-15(17)21/h2-9H,1H3,(H,24,27)(H,23,25,26). The second-order valence-electron chi connectivity index (χ2n) is 5.58. The molecule has 0 fully saturated rings. The van der Waals surface area contributed by atoms with E-state index in [1.807, 2.05) is 6.07 Å². The monoisotopic (exact) mass is 397 g/mol. The summed E-state index contributed by atoms with van der Waals surface area (Å²) in [7, 11) is 0. The van der Waals surface area contributed by atoms with Crippen LogP contribution in [-0.4, -0.2) is 15.9 Å². The van der Waals surface area contributed by atoms with E-state index in [0.717, 1.165) is 0 Å². The fourth-order valence-electron chi connectivity index (χ4n) is 2.29. The molecule has 0 saturated carbocycles. The third-order valence-corrected chi connectivity index (χ3v) is 4.19. The van der Waals surface area contributed by atoms with E-state index in [0.29, 0.717) is 32.7 Å². The minimum Gasteiger partial charge on any atom is -0.322 e. The Bertz CT molecular complexity index is 1020. The first-order chi connectivity index (χ1) is 13.0. The highest BCUT2D eigenvalue weighted by Gasteiger charge is 2.13. The largest absolute Gasteiger partial charge is 0.322 e. The van der Waals surface area contributed by atoms with Crippen molar-refractivity contribution in [2.75, 3.05) is 10.6 Å². The zero-order valence-corrected chi connectivity index (χ0v) is 15.6. The predicted octanol–water partition coefficient (Wildman–Crippen LogP) is 4.96. The minimum atomic E-state index is -0.404. The van der Waals surface area contributed by atoms with Gasteiger partial charge in [0, 0.05) is 11.4 Å².